The van der Waals surface area contributed by atoms with E-state index in [1.165, 1.54) is 0 Å². The number of ether oxygens (including phenoxy) is 2. The summed E-state index contributed by atoms with van der Waals surface area (Å²) in [6.45, 7) is 8.54. The Morgan fingerprint density at radius 3 is 2.74 bits per heavy atom. The average Bonchev–Trinajstić information content (AvgIpc) is 3.00. The van der Waals surface area contributed by atoms with Gasteiger partial charge in [-0.25, -0.2) is 9.97 Å². The molecule has 0 aromatic carbocycles. The predicted molar refractivity (Wildman–Crippen MR) is 85.2 cm³/mol. The molecule has 1 N–H and O–H groups in total. The lowest BCUT2D eigenvalue weighted by atomic mass is 10.0. The van der Waals surface area contributed by atoms with Gasteiger partial charge in [0.25, 0.3) is 5.91 Å². The molecule has 2 aliphatic heterocycles. The van der Waals surface area contributed by atoms with Crippen molar-refractivity contribution in [3.8, 4) is 0 Å². The van der Waals surface area contributed by atoms with Crippen LogP contribution in [0.1, 0.15) is 29.0 Å². The Bertz CT molecular complexity index is 589. The monoisotopic (exact) mass is 318 g/mol. The van der Waals surface area contributed by atoms with Crippen LogP contribution in [0.5, 0.6) is 0 Å². The molecule has 7 nitrogen and oxygen atoms in total. The van der Waals surface area contributed by atoms with Crippen LogP contribution >= 0.6 is 0 Å². The second kappa shape index (κ2) is 6.64. The third-order valence-electron chi connectivity index (χ3n) is 4.10. The summed E-state index contributed by atoms with van der Waals surface area (Å²) in [6.07, 6.45) is 3.12. The van der Waals surface area contributed by atoms with Gasteiger partial charge in [-0.1, -0.05) is 6.08 Å². The lowest BCUT2D eigenvalue weighted by Gasteiger charge is -2.37. The largest absolute Gasteiger partial charge is 0.351 e. The minimum absolute atomic E-state index is 0.0787. The molecule has 1 spiro atoms. The molecule has 0 aliphatic carbocycles. The number of anilines is 1. The zero-order valence-electron chi connectivity index (χ0n) is 13.4. The minimum atomic E-state index is -0.477. The highest BCUT2D eigenvalue weighted by atomic mass is 16.7. The number of likely N-dealkylation sites (tertiary alicyclic amines) is 1. The summed E-state index contributed by atoms with van der Waals surface area (Å²) in [7, 11) is 0. The van der Waals surface area contributed by atoms with Gasteiger partial charge in [-0.05, 0) is 13.0 Å². The van der Waals surface area contributed by atoms with Crippen molar-refractivity contribution in [2.45, 2.75) is 25.6 Å². The zero-order chi connectivity index (χ0) is 16.3. The molecule has 2 saturated heterocycles. The lowest BCUT2D eigenvalue weighted by molar-refractivity contribution is -0.181. The Morgan fingerprint density at radius 2 is 2.09 bits per heavy atom. The summed E-state index contributed by atoms with van der Waals surface area (Å²) in [4.78, 5) is 23.1. The first-order chi connectivity index (χ1) is 11.1. The van der Waals surface area contributed by atoms with Crippen molar-refractivity contribution in [2.75, 3.05) is 38.2 Å². The van der Waals surface area contributed by atoms with Crippen molar-refractivity contribution >= 4 is 11.9 Å². The average molecular weight is 318 g/mol. The third kappa shape index (κ3) is 3.51. The summed E-state index contributed by atoms with van der Waals surface area (Å²) in [5.41, 5.74) is 1.17. The summed E-state index contributed by atoms with van der Waals surface area (Å²) in [5.74, 6) is -0.108. The first kappa shape index (κ1) is 15.9. The Kier molecular flexibility index (Phi) is 4.58. The number of nitrogens with zero attached hydrogens (tertiary/aromatic N) is 3. The van der Waals surface area contributed by atoms with Gasteiger partial charge in [0.1, 0.15) is 5.69 Å². The molecule has 1 aromatic heterocycles. The smallest absolute Gasteiger partial charge is 0.272 e. The third-order valence-corrected chi connectivity index (χ3v) is 4.10. The fourth-order valence-electron chi connectivity index (χ4n) is 2.92. The molecule has 124 valence electrons. The van der Waals surface area contributed by atoms with Crippen LogP contribution in [0.25, 0.3) is 0 Å². The highest BCUT2D eigenvalue weighted by Gasteiger charge is 2.41. The van der Waals surface area contributed by atoms with Crippen molar-refractivity contribution in [1.82, 2.24) is 14.9 Å². The van der Waals surface area contributed by atoms with Crippen LogP contribution in [0, 0.1) is 6.92 Å². The van der Waals surface area contributed by atoms with Crippen LogP contribution in [-0.4, -0.2) is 59.4 Å². The Hall–Kier alpha value is -1.99. The van der Waals surface area contributed by atoms with E-state index in [4.69, 9.17) is 9.47 Å². The Balaban J connectivity index is 1.68. The normalized spacial score (nSPS) is 19.8. The first-order valence-corrected chi connectivity index (χ1v) is 7.89. The molecule has 0 radical (unpaired) electrons. The number of aryl methyl sites for hydroxylation is 1. The molecule has 3 rings (SSSR count). The summed E-state index contributed by atoms with van der Waals surface area (Å²) in [5, 5.41) is 3.02. The molecule has 1 aromatic rings. The molecule has 1 amide bonds. The second-order valence-electron chi connectivity index (χ2n) is 5.79. The lowest BCUT2D eigenvalue weighted by Crippen LogP contribution is -2.47. The van der Waals surface area contributed by atoms with Crippen LogP contribution < -0.4 is 5.32 Å². The van der Waals surface area contributed by atoms with E-state index >= 15 is 0 Å². The molecule has 0 unspecified atom stereocenters. The van der Waals surface area contributed by atoms with E-state index < -0.39 is 5.79 Å². The van der Waals surface area contributed by atoms with E-state index in [0.29, 0.717) is 57.3 Å². The SMILES string of the molecule is C=CCNc1nc(C)cc(C(=O)N2CCC3(CC2)OCCO3)n1. The highest BCUT2D eigenvalue weighted by molar-refractivity contribution is 5.92. The van der Waals surface area contributed by atoms with E-state index in [1.807, 2.05) is 6.92 Å². The van der Waals surface area contributed by atoms with Crippen LogP contribution in [0.4, 0.5) is 5.95 Å². The van der Waals surface area contributed by atoms with Crippen LogP contribution in [0.15, 0.2) is 18.7 Å². The molecular formula is C16H22N4O3. The number of aromatic nitrogens is 2. The molecule has 0 bridgehead atoms. The Labute approximate surface area is 135 Å². The van der Waals surface area contributed by atoms with Crippen molar-refractivity contribution in [3.63, 3.8) is 0 Å². The summed E-state index contributed by atoms with van der Waals surface area (Å²) in [6, 6.07) is 1.72. The maximum Gasteiger partial charge on any atom is 0.272 e. The van der Waals surface area contributed by atoms with Crippen molar-refractivity contribution < 1.29 is 14.3 Å². The Morgan fingerprint density at radius 1 is 1.39 bits per heavy atom. The van der Waals surface area contributed by atoms with Gasteiger partial charge in [-0.3, -0.25) is 4.79 Å². The zero-order valence-corrected chi connectivity index (χ0v) is 13.4. The van der Waals surface area contributed by atoms with Crippen molar-refractivity contribution in [3.05, 3.63) is 30.1 Å². The van der Waals surface area contributed by atoms with Gasteiger partial charge in [0.2, 0.25) is 5.95 Å². The van der Waals surface area contributed by atoms with Gasteiger partial charge in [0.15, 0.2) is 5.79 Å². The van der Waals surface area contributed by atoms with Crippen molar-refractivity contribution in [1.29, 1.82) is 0 Å². The number of nitrogens with one attached hydrogen (secondary N) is 1. The van der Waals surface area contributed by atoms with Gasteiger partial charge in [0.05, 0.1) is 13.2 Å². The molecule has 2 aliphatic rings. The predicted octanol–water partition coefficient (Wildman–Crippen LogP) is 1.36. The molecule has 7 heteroatoms. The fraction of sp³-hybridized carbons (Fsp3) is 0.562. The van der Waals surface area contributed by atoms with E-state index in [0.717, 1.165) is 5.69 Å². The molecular weight excluding hydrogens is 296 g/mol. The van der Waals surface area contributed by atoms with Crippen LogP contribution in [0.2, 0.25) is 0 Å². The van der Waals surface area contributed by atoms with Crippen LogP contribution in [0.3, 0.4) is 0 Å². The molecule has 23 heavy (non-hydrogen) atoms. The van der Waals surface area contributed by atoms with E-state index in [9.17, 15) is 4.79 Å². The van der Waals surface area contributed by atoms with Gasteiger partial charge in [-0.2, -0.15) is 0 Å². The standard InChI is InChI=1S/C16H22N4O3/c1-3-6-17-15-18-12(2)11-13(19-15)14(21)20-7-4-16(5-8-20)22-9-10-23-16/h3,11H,1,4-10H2,2H3,(H,17,18,19). The van der Waals surface area contributed by atoms with E-state index in [1.54, 1.807) is 17.0 Å². The topological polar surface area (TPSA) is 76.6 Å². The maximum absolute atomic E-state index is 12.7. The highest BCUT2D eigenvalue weighted by Crippen LogP contribution is 2.31. The number of amides is 1. The van der Waals surface area contributed by atoms with Gasteiger partial charge < -0.3 is 19.7 Å². The van der Waals surface area contributed by atoms with E-state index in [-0.39, 0.29) is 5.91 Å². The number of hydrogen-bond acceptors (Lipinski definition) is 6. The summed E-state index contributed by atoms with van der Waals surface area (Å²) < 4.78 is 11.4. The van der Waals surface area contributed by atoms with Gasteiger partial charge in [-0.15, -0.1) is 6.58 Å². The second-order valence-corrected chi connectivity index (χ2v) is 5.79. The molecule has 0 atom stereocenters. The fourth-order valence-corrected chi connectivity index (χ4v) is 2.92. The number of piperidine rings is 1. The molecule has 3 heterocycles. The summed E-state index contributed by atoms with van der Waals surface area (Å²) >= 11 is 0. The molecule has 2 fully saturated rings. The van der Waals surface area contributed by atoms with Crippen LogP contribution in [-0.2, 0) is 9.47 Å². The number of rotatable bonds is 4. The van der Waals surface area contributed by atoms with Gasteiger partial charge in [0, 0.05) is 38.2 Å². The number of carbonyl (C=O) groups is 1. The first-order valence-electron chi connectivity index (χ1n) is 7.89. The number of hydrogen-bond donors (Lipinski definition) is 1. The molecule has 0 saturated carbocycles. The number of carbonyl (C=O) groups excluding carboxylic acids is 1. The minimum Gasteiger partial charge on any atom is -0.351 e. The quantitative estimate of drug-likeness (QED) is 0.845. The van der Waals surface area contributed by atoms with E-state index in [2.05, 4.69) is 21.9 Å². The van der Waals surface area contributed by atoms with Crippen molar-refractivity contribution in [2.24, 2.45) is 0 Å². The van der Waals surface area contributed by atoms with Gasteiger partial charge >= 0.3 is 0 Å². The maximum atomic E-state index is 12.7.